The Morgan fingerprint density at radius 1 is 1.41 bits per heavy atom. The van der Waals surface area contributed by atoms with Crippen LogP contribution in [-0.4, -0.2) is 19.9 Å². The first-order valence-corrected chi connectivity index (χ1v) is 7.18. The van der Waals surface area contributed by atoms with Gasteiger partial charge in [-0.05, 0) is 12.0 Å². The normalized spacial score (nSPS) is 11.9. The van der Waals surface area contributed by atoms with E-state index in [1.165, 1.54) is 18.5 Å². The number of aromatic nitrogens is 1. The molecule has 1 heterocycles. The van der Waals surface area contributed by atoms with Crippen LogP contribution in [0.15, 0.2) is 23.4 Å². The van der Waals surface area contributed by atoms with E-state index in [-0.39, 0.29) is 10.6 Å². The molecule has 5 nitrogen and oxygen atoms in total. The van der Waals surface area contributed by atoms with Crippen molar-refractivity contribution in [2.45, 2.75) is 31.6 Å². The van der Waals surface area contributed by atoms with Gasteiger partial charge in [-0.25, -0.2) is 13.1 Å². The molecular weight excluding hydrogens is 238 g/mol. The van der Waals surface area contributed by atoms with E-state index in [0.29, 0.717) is 12.5 Å². The Balaban J connectivity index is 2.80. The molecule has 0 aliphatic heterocycles. The lowest BCUT2D eigenvalue weighted by Gasteiger charge is -2.14. The molecule has 0 radical (unpaired) electrons. The summed E-state index contributed by atoms with van der Waals surface area (Å²) in [6, 6.07) is 1.48. The molecule has 96 valence electrons. The van der Waals surface area contributed by atoms with Crippen LogP contribution in [0.4, 0.5) is 5.69 Å². The first kappa shape index (κ1) is 13.9. The van der Waals surface area contributed by atoms with Gasteiger partial charge in [-0.15, -0.1) is 0 Å². The Morgan fingerprint density at radius 3 is 2.59 bits per heavy atom. The first-order valence-electron chi connectivity index (χ1n) is 5.70. The van der Waals surface area contributed by atoms with E-state index < -0.39 is 10.0 Å². The molecule has 0 fully saturated rings. The minimum absolute atomic E-state index is 0.0472. The van der Waals surface area contributed by atoms with E-state index in [1.54, 1.807) is 0 Å². The summed E-state index contributed by atoms with van der Waals surface area (Å²) in [4.78, 5) is 3.83. The van der Waals surface area contributed by atoms with Crippen molar-refractivity contribution in [3.05, 3.63) is 18.5 Å². The van der Waals surface area contributed by atoms with Crippen LogP contribution in [0, 0.1) is 5.92 Å². The Bertz CT molecular complexity index is 456. The molecule has 1 aromatic heterocycles. The molecule has 17 heavy (non-hydrogen) atoms. The summed E-state index contributed by atoms with van der Waals surface area (Å²) in [7, 11) is -3.54. The Labute approximate surface area is 102 Å². The van der Waals surface area contributed by atoms with E-state index in [9.17, 15) is 8.42 Å². The number of nitrogen functional groups attached to an aromatic ring is 1. The smallest absolute Gasteiger partial charge is 0.244 e. The minimum atomic E-state index is -3.54. The highest BCUT2D eigenvalue weighted by Crippen LogP contribution is 2.16. The fourth-order valence-electron chi connectivity index (χ4n) is 1.50. The first-order chi connectivity index (χ1) is 8.01. The molecule has 6 heteroatoms. The van der Waals surface area contributed by atoms with Gasteiger partial charge in [0.1, 0.15) is 4.90 Å². The Kier molecular flexibility index (Phi) is 4.89. The number of anilines is 1. The zero-order valence-electron chi connectivity index (χ0n) is 10.2. The summed E-state index contributed by atoms with van der Waals surface area (Å²) in [6.45, 7) is 4.52. The molecule has 0 aliphatic rings. The van der Waals surface area contributed by atoms with Gasteiger partial charge in [0.25, 0.3) is 0 Å². The molecule has 0 bridgehead atoms. The van der Waals surface area contributed by atoms with Crippen LogP contribution in [0.2, 0.25) is 0 Å². The van der Waals surface area contributed by atoms with Gasteiger partial charge in [0, 0.05) is 18.9 Å². The number of nitrogens with zero attached hydrogens (tertiary/aromatic N) is 1. The predicted molar refractivity (Wildman–Crippen MR) is 67.9 cm³/mol. The van der Waals surface area contributed by atoms with Crippen LogP contribution in [0.1, 0.15) is 26.7 Å². The van der Waals surface area contributed by atoms with Crippen molar-refractivity contribution in [1.82, 2.24) is 9.71 Å². The Morgan fingerprint density at radius 2 is 2.06 bits per heavy atom. The maximum absolute atomic E-state index is 12.0. The highest BCUT2D eigenvalue weighted by molar-refractivity contribution is 7.89. The van der Waals surface area contributed by atoms with Crippen LogP contribution in [0.5, 0.6) is 0 Å². The molecule has 1 aromatic rings. The third-order valence-electron chi connectivity index (χ3n) is 2.82. The van der Waals surface area contributed by atoms with Gasteiger partial charge in [0.05, 0.1) is 5.69 Å². The molecule has 0 amide bonds. The number of hydrogen-bond acceptors (Lipinski definition) is 4. The number of nitrogens with two attached hydrogens (primary N) is 1. The standard InChI is InChI=1S/C11H19N3O2S/c1-3-9(4-2)7-14-17(15,16)11-8-13-6-5-10(11)12/h5-6,8-9,14H,3-4,7H2,1-2H3,(H2,12,13). The van der Waals surface area contributed by atoms with Crippen LogP contribution in [-0.2, 0) is 10.0 Å². The SMILES string of the molecule is CCC(CC)CNS(=O)(=O)c1cnccc1N. The van der Waals surface area contributed by atoms with Gasteiger partial charge < -0.3 is 5.73 Å². The van der Waals surface area contributed by atoms with Crippen molar-refractivity contribution in [1.29, 1.82) is 0 Å². The van der Waals surface area contributed by atoms with Gasteiger partial charge in [0.15, 0.2) is 0 Å². The summed E-state index contributed by atoms with van der Waals surface area (Å²) in [5.74, 6) is 0.350. The molecule has 0 aliphatic carbocycles. The van der Waals surface area contributed by atoms with Gasteiger partial charge in [-0.1, -0.05) is 26.7 Å². The monoisotopic (exact) mass is 257 g/mol. The molecule has 0 unspecified atom stereocenters. The number of sulfonamides is 1. The summed E-state index contributed by atoms with van der Waals surface area (Å²) in [5.41, 5.74) is 5.84. The molecule has 0 aromatic carbocycles. The minimum Gasteiger partial charge on any atom is -0.398 e. The molecule has 0 spiro atoms. The molecule has 0 saturated heterocycles. The average molecular weight is 257 g/mol. The predicted octanol–water partition coefficient (Wildman–Crippen LogP) is 1.38. The van der Waals surface area contributed by atoms with Crippen molar-refractivity contribution in [3.8, 4) is 0 Å². The highest BCUT2D eigenvalue weighted by Gasteiger charge is 2.18. The highest BCUT2D eigenvalue weighted by atomic mass is 32.2. The fraction of sp³-hybridized carbons (Fsp3) is 0.545. The van der Waals surface area contributed by atoms with Crippen molar-refractivity contribution in [3.63, 3.8) is 0 Å². The van der Waals surface area contributed by atoms with Crippen molar-refractivity contribution in [2.75, 3.05) is 12.3 Å². The fourth-order valence-corrected chi connectivity index (χ4v) is 2.69. The van der Waals surface area contributed by atoms with E-state index >= 15 is 0 Å². The summed E-state index contributed by atoms with van der Waals surface area (Å²) in [6.07, 6.45) is 4.63. The molecule has 0 saturated carbocycles. The summed E-state index contributed by atoms with van der Waals surface area (Å²) in [5, 5.41) is 0. The molecule has 0 atom stereocenters. The number of hydrogen-bond donors (Lipinski definition) is 2. The average Bonchev–Trinajstić information content (AvgIpc) is 2.30. The number of rotatable bonds is 6. The lowest BCUT2D eigenvalue weighted by molar-refractivity contribution is 0.479. The van der Waals surface area contributed by atoms with Crippen LogP contribution >= 0.6 is 0 Å². The van der Waals surface area contributed by atoms with Gasteiger partial charge >= 0.3 is 0 Å². The third kappa shape index (κ3) is 3.67. The second kappa shape index (κ2) is 5.97. The van der Waals surface area contributed by atoms with E-state index in [2.05, 4.69) is 9.71 Å². The van der Waals surface area contributed by atoms with Crippen molar-refractivity contribution >= 4 is 15.7 Å². The summed E-state index contributed by atoms with van der Waals surface area (Å²) < 4.78 is 26.5. The van der Waals surface area contributed by atoms with Crippen LogP contribution in [0.25, 0.3) is 0 Å². The van der Waals surface area contributed by atoms with Gasteiger partial charge in [-0.3, -0.25) is 4.98 Å². The van der Waals surface area contributed by atoms with E-state index in [1.807, 2.05) is 13.8 Å². The third-order valence-corrected chi connectivity index (χ3v) is 4.29. The van der Waals surface area contributed by atoms with Crippen LogP contribution in [0.3, 0.4) is 0 Å². The van der Waals surface area contributed by atoms with E-state index in [4.69, 9.17) is 5.73 Å². The quantitative estimate of drug-likeness (QED) is 0.806. The van der Waals surface area contributed by atoms with Crippen molar-refractivity contribution < 1.29 is 8.42 Å². The zero-order chi connectivity index (χ0) is 12.9. The molecule has 3 N–H and O–H groups in total. The van der Waals surface area contributed by atoms with Gasteiger partial charge in [-0.2, -0.15) is 0 Å². The lowest BCUT2D eigenvalue weighted by atomic mass is 10.0. The topological polar surface area (TPSA) is 85.1 Å². The zero-order valence-corrected chi connectivity index (χ0v) is 11.0. The number of nitrogens with one attached hydrogen (secondary N) is 1. The second-order valence-corrected chi connectivity index (χ2v) is 5.68. The van der Waals surface area contributed by atoms with Gasteiger partial charge in [0.2, 0.25) is 10.0 Å². The maximum atomic E-state index is 12.0. The second-order valence-electron chi connectivity index (χ2n) is 3.95. The largest absolute Gasteiger partial charge is 0.398 e. The maximum Gasteiger partial charge on any atom is 0.244 e. The van der Waals surface area contributed by atoms with Crippen molar-refractivity contribution in [2.24, 2.45) is 5.92 Å². The van der Waals surface area contributed by atoms with E-state index in [0.717, 1.165) is 12.8 Å². The lowest BCUT2D eigenvalue weighted by Crippen LogP contribution is -2.29. The molecular formula is C11H19N3O2S. The molecule has 1 rings (SSSR count). The Hall–Kier alpha value is -1.14. The summed E-state index contributed by atoms with van der Waals surface area (Å²) >= 11 is 0. The number of pyridine rings is 1. The van der Waals surface area contributed by atoms with Crippen LogP contribution < -0.4 is 10.5 Å².